The lowest BCUT2D eigenvalue weighted by molar-refractivity contribution is -0.173. The standard InChI is InChI=1S/C21H19ClF3N5O/c1-12-4-6-14(7-5-12)15-9-16(21(23,24)25)30-19(28-15)17(22)18(29-30)20(31)27-11-13-3-2-8-26-10-13/h2-8,10,15-16,28H,9,11H2,1H3,(H,27,31)/t15-,16-/m1/s1. The van der Waals surface area contributed by atoms with E-state index in [0.717, 1.165) is 15.8 Å². The molecule has 1 aliphatic rings. The third kappa shape index (κ3) is 4.36. The number of anilines is 1. The highest BCUT2D eigenvalue weighted by Gasteiger charge is 2.47. The average Bonchev–Trinajstić information content (AvgIpc) is 3.08. The van der Waals surface area contributed by atoms with Crippen LogP contribution >= 0.6 is 11.6 Å². The number of benzene rings is 1. The Morgan fingerprint density at radius 1 is 1.29 bits per heavy atom. The quantitative estimate of drug-likeness (QED) is 0.598. The first-order valence-corrected chi connectivity index (χ1v) is 9.96. The van der Waals surface area contributed by atoms with E-state index in [9.17, 15) is 18.0 Å². The zero-order valence-electron chi connectivity index (χ0n) is 16.4. The van der Waals surface area contributed by atoms with E-state index < -0.39 is 24.2 Å². The van der Waals surface area contributed by atoms with Crippen molar-refractivity contribution in [3.05, 3.63) is 76.2 Å². The van der Waals surface area contributed by atoms with Crippen molar-refractivity contribution < 1.29 is 18.0 Å². The summed E-state index contributed by atoms with van der Waals surface area (Å²) in [4.78, 5) is 16.6. The van der Waals surface area contributed by atoms with Crippen molar-refractivity contribution in [2.45, 2.75) is 38.1 Å². The van der Waals surface area contributed by atoms with Crippen molar-refractivity contribution >= 4 is 23.3 Å². The molecule has 1 aromatic carbocycles. The number of nitrogens with zero attached hydrogens (tertiary/aromatic N) is 3. The lowest BCUT2D eigenvalue weighted by atomic mass is 9.96. The fourth-order valence-corrected chi connectivity index (χ4v) is 3.79. The molecule has 2 N–H and O–H groups in total. The number of hydrogen-bond donors (Lipinski definition) is 2. The summed E-state index contributed by atoms with van der Waals surface area (Å²) in [5.74, 6) is -0.683. The Morgan fingerprint density at radius 3 is 2.68 bits per heavy atom. The number of hydrogen-bond acceptors (Lipinski definition) is 4. The first-order chi connectivity index (χ1) is 14.7. The van der Waals surface area contributed by atoms with E-state index in [4.69, 9.17) is 11.6 Å². The van der Waals surface area contributed by atoms with Crippen molar-refractivity contribution in [2.24, 2.45) is 0 Å². The second kappa shape index (κ2) is 8.22. The van der Waals surface area contributed by atoms with Crippen LogP contribution in [0.15, 0.2) is 48.8 Å². The number of carbonyl (C=O) groups is 1. The van der Waals surface area contributed by atoms with E-state index in [1.165, 1.54) is 0 Å². The summed E-state index contributed by atoms with van der Waals surface area (Å²) in [6.07, 6.45) is -1.65. The molecule has 10 heteroatoms. The first-order valence-electron chi connectivity index (χ1n) is 9.59. The van der Waals surface area contributed by atoms with Crippen LogP contribution in [0.25, 0.3) is 0 Å². The first kappa shape index (κ1) is 21.2. The van der Waals surface area contributed by atoms with Crippen molar-refractivity contribution in [1.82, 2.24) is 20.1 Å². The average molecular weight is 450 g/mol. The Balaban J connectivity index is 1.64. The summed E-state index contributed by atoms with van der Waals surface area (Å²) in [5.41, 5.74) is 2.18. The zero-order chi connectivity index (χ0) is 22.2. The Hall–Kier alpha value is -3.07. The molecule has 1 amide bonds. The molecule has 2 aromatic heterocycles. The van der Waals surface area contributed by atoms with Crippen molar-refractivity contribution in [3.8, 4) is 0 Å². The van der Waals surface area contributed by atoms with Gasteiger partial charge in [0, 0.05) is 25.4 Å². The van der Waals surface area contributed by atoms with E-state index in [-0.39, 0.29) is 29.5 Å². The van der Waals surface area contributed by atoms with Gasteiger partial charge in [0.2, 0.25) is 0 Å². The van der Waals surface area contributed by atoms with Gasteiger partial charge in [0.05, 0.1) is 6.04 Å². The van der Waals surface area contributed by atoms with E-state index in [0.29, 0.717) is 5.56 Å². The van der Waals surface area contributed by atoms with Crippen LogP contribution in [0.2, 0.25) is 5.02 Å². The highest BCUT2D eigenvalue weighted by Crippen LogP contribution is 2.46. The highest BCUT2D eigenvalue weighted by atomic mass is 35.5. The van der Waals surface area contributed by atoms with Crippen LogP contribution in [0, 0.1) is 6.92 Å². The summed E-state index contributed by atoms with van der Waals surface area (Å²) in [7, 11) is 0. The van der Waals surface area contributed by atoms with E-state index >= 15 is 0 Å². The molecule has 0 saturated heterocycles. The fraction of sp³-hybridized carbons (Fsp3) is 0.286. The van der Waals surface area contributed by atoms with Gasteiger partial charge in [-0.15, -0.1) is 0 Å². The number of alkyl halides is 3. The molecule has 31 heavy (non-hydrogen) atoms. The second-order valence-corrected chi connectivity index (χ2v) is 7.78. The van der Waals surface area contributed by atoms with Gasteiger partial charge >= 0.3 is 6.18 Å². The van der Waals surface area contributed by atoms with Crippen LogP contribution in [0.3, 0.4) is 0 Å². The fourth-order valence-electron chi connectivity index (χ4n) is 3.52. The predicted molar refractivity (Wildman–Crippen MR) is 110 cm³/mol. The minimum Gasteiger partial charge on any atom is -0.362 e. The van der Waals surface area contributed by atoms with Crippen LogP contribution < -0.4 is 10.6 Å². The molecule has 3 heterocycles. The third-order valence-electron chi connectivity index (χ3n) is 5.17. The van der Waals surface area contributed by atoms with Crippen LogP contribution in [-0.4, -0.2) is 26.8 Å². The monoisotopic (exact) mass is 449 g/mol. The number of amides is 1. The second-order valence-electron chi connectivity index (χ2n) is 7.40. The topological polar surface area (TPSA) is 71.8 Å². The zero-order valence-corrected chi connectivity index (χ0v) is 17.2. The molecule has 0 aliphatic carbocycles. The number of fused-ring (bicyclic) bond motifs is 1. The van der Waals surface area contributed by atoms with Crippen LogP contribution in [0.4, 0.5) is 19.0 Å². The van der Waals surface area contributed by atoms with E-state index in [2.05, 4.69) is 20.7 Å². The molecule has 0 saturated carbocycles. The Kier molecular flexibility index (Phi) is 5.62. The van der Waals surface area contributed by atoms with Crippen molar-refractivity contribution in [3.63, 3.8) is 0 Å². The lowest BCUT2D eigenvalue weighted by Gasteiger charge is -2.33. The van der Waals surface area contributed by atoms with Gasteiger partial charge in [-0.25, -0.2) is 4.68 Å². The Morgan fingerprint density at radius 2 is 2.03 bits per heavy atom. The molecule has 3 aromatic rings. The van der Waals surface area contributed by atoms with Gasteiger partial charge in [0.25, 0.3) is 5.91 Å². The summed E-state index contributed by atoms with van der Waals surface area (Å²) < 4.78 is 42.3. The minimum atomic E-state index is -4.56. The van der Waals surface area contributed by atoms with Gasteiger partial charge < -0.3 is 10.6 Å². The lowest BCUT2D eigenvalue weighted by Crippen LogP contribution is -2.35. The Labute approximate surface area is 181 Å². The van der Waals surface area contributed by atoms with Crippen molar-refractivity contribution in [1.29, 1.82) is 0 Å². The number of halogens is 4. The minimum absolute atomic E-state index is 0.0210. The normalized spacial score (nSPS) is 18.2. The predicted octanol–water partition coefficient (Wildman–Crippen LogP) is 4.83. The van der Waals surface area contributed by atoms with Gasteiger partial charge in [-0.2, -0.15) is 18.3 Å². The van der Waals surface area contributed by atoms with Gasteiger partial charge in [0.15, 0.2) is 11.7 Å². The third-order valence-corrected chi connectivity index (χ3v) is 5.52. The largest absolute Gasteiger partial charge is 0.410 e. The smallest absolute Gasteiger partial charge is 0.362 e. The number of carbonyl (C=O) groups excluding carboxylic acids is 1. The molecule has 1 aliphatic heterocycles. The number of nitrogens with one attached hydrogen (secondary N) is 2. The summed E-state index contributed by atoms with van der Waals surface area (Å²) >= 11 is 6.33. The molecule has 0 spiro atoms. The number of pyridine rings is 1. The number of rotatable bonds is 4. The molecule has 0 unspecified atom stereocenters. The van der Waals surface area contributed by atoms with E-state index in [1.807, 2.05) is 19.1 Å². The van der Waals surface area contributed by atoms with Gasteiger partial charge in [-0.05, 0) is 24.1 Å². The molecule has 0 radical (unpaired) electrons. The molecular weight excluding hydrogens is 431 g/mol. The molecule has 162 valence electrons. The molecule has 6 nitrogen and oxygen atoms in total. The van der Waals surface area contributed by atoms with Crippen LogP contribution in [0.5, 0.6) is 0 Å². The Bertz CT molecular complexity index is 1080. The SMILES string of the molecule is Cc1ccc([C@H]2C[C@H](C(F)(F)F)n3nc(C(=O)NCc4cccnc4)c(Cl)c3N2)cc1. The molecule has 2 atom stereocenters. The van der Waals surface area contributed by atoms with Crippen LogP contribution in [-0.2, 0) is 6.54 Å². The maximum Gasteiger partial charge on any atom is 0.410 e. The number of aromatic nitrogens is 3. The maximum absolute atomic E-state index is 13.8. The summed E-state index contributed by atoms with van der Waals surface area (Å²) in [6.45, 7) is 2.05. The molecule has 4 rings (SSSR count). The van der Waals surface area contributed by atoms with Gasteiger partial charge in [-0.1, -0.05) is 47.5 Å². The van der Waals surface area contributed by atoms with Gasteiger partial charge in [0.1, 0.15) is 10.8 Å². The molecule has 0 fully saturated rings. The van der Waals surface area contributed by atoms with E-state index in [1.54, 1.807) is 36.7 Å². The van der Waals surface area contributed by atoms with Crippen molar-refractivity contribution in [2.75, 3.05) is 5.32 Å². The summed E-state index contributed by atoms with van der Waals surface area (Å²) in [6, 6.07) is 8.18. The number of aryl methyl sites for hydroxylation is 1. The van der Waals surface area contributed by atoms with Crippen LogP contribution in [0.1, 0.15) is 45.7 Å². The molecule has 0 bridgehead atoms. The summed E-state index contributed by atoms with van der Waals surface area (Å²) in [5, 5.41) is 9.43. The maximum atomic E-state index is 13.8. The van der Waals surface area contributed by atoms with Gasteiger partial charge in [-0.3, -0.25) is 9.78 Å². The molecular formula is C21H19ClF3N5O. The highest BCUT2D eigenvalue weighted by molar-refractivity contribution is 6.36.